The van der Waals surface area contributed by atoms with Gasteiger partial charge in [-0.1, -0.05) is 0 Å². The van der Waals surface area contributed by atoms with Crippen molar-refractivity contribution in [3.63, 3.8) is 0 Å². The minimum atomic E-state index is 0. The monoisotopic (exact) mass is 185 g/mol. The molecule has 0 spiro atoms. The highest BCUT2D eigenvalue weighted by Gasteiger charge is 2.09. The topological polar surface area (TPSA) is 37.8 Å². The number of hydrogen-bond acceptors (Lipinski definition) is 3. The first-order chi connectivity index (χ1) is 5.36. The second-order valence-electron chi connectivity index (χ2n) is 2.82. The standard InChI is InChI=1S/C8H11N3.ClH/c1-6-10-5-7-4-9-3-2-8(7)11-6;/h5,9H,2-4H2,1H3;1H. The molecule has 0 aromatic carbocycles. The van der Waals surface area contributed by atoms with Crippen LogP contribution in [0.4, 0.5) is 0 Å². The molecule has 2 rings (SSSR count). The quantitative estimate of drug-likeness (QED) is 0.652. The van der Waals surface area contributed by atoms with Crippen molar-refractivity contribution in [3.8, 4) is 0 Å². The fraction of sp³-hybridized carbons (Fsp3) is 0.500. The number of nitrogens with zero attached hydrogens (tertiary/aromatic N) is 2. The van der Waals surface area contributed by atoms with Crippen LogP contribution in [0.3, 0.4) is 0 Å². The Morgan fingerprint density at radius 2 is 2.33 bits per heavy atom. The normalized spacial score (nSPS) is 14.8. The molecule has 66 valence electrons. The molecule has 0 radical (unpaired) electrons. The molecule has 0 saturated heterocycles. The largest absolute Gasteiger partial charge is 0.312 e. The van der Waals surface area contributed by atoms with E-state index in [0.29, 0.717) is 0 Å². The van der Waals surface area contributed by atoms with E-state index in [1.54, 1.807) is 0 Å². The van der Waals surface area contributed by atoms with Crippen LogP contribution >= 0.6 is 12.4 Å². The number of hydrogen-bond donors (Lipinski definition) is 1. The smallest absolute Gasteiger partial charge is 0.125 e. The van der Waals surface area contributed by atoms with Crippen molar-refractivity contribution in [2.45, 2.75) is 19.9 Å². The van der Waals surface area contributed by atoms with Crippen LogP contribution in [0.2, 0.25) is 0 Å². The van der Waals surface area contributed by atoms with E-state index in [1.807, 2.05) is 13.1 Å². The maximum Gasteiger partial charge on any atom is 0.125 e. The lowest BCUT2D eigenvalue weighted by Crippen LogP contribution is -2.25. The zero-order valence-electron chi connectivity index (χ0n) is 7.00. The van der Waals surface area contributed by atoms with Crippen molar-refractivity contribution in [2.75, 3.05) is 6.54 Å². The first kappa shape index (κ1) is 9.42. The summed E-state index contributed by atoms with van der Waals surface area (Å²) in [5, 5.41) is 3.28. The molecule has 0 aliphatic carbocycles. The maximum absolute atomic E-state index is 4.36. The van der Waals surface area contributed by atoms with Gasteiger partial charge in [-0.05, 0) is 6.92 Å². The van der Waals surface area contributed by atoms with Gasteiger partial charge in [-0.3, -0.25) is 0 Å². The molecular weight excluding hydrogens is 174 g/mol. The highest BCUT2D eigenvalue weighted by Crippen LogP contribution is 2.08. The zero-order chi connectivity index (χ0) is 7.68. The number of aromatic nitrogens is 2. The molecule has 1 aromatic rings. The molecule has 2 heterocycles. The average Bonchev–Trinajstić information content (AvgIpc) is 2.04. The summed E-state index contributed by atoms with van der Waals surface area (Å²) < 4.78 is 0. The van der Waals surface area contributed by atoms with Crippen molar-refractivity contribution in [1.29, 1.82) is 0 Å². The second-order valence-corrected chi connectivity index (χ2v) is 2.82. The van der Waals surface area contributed by atoms with Crippen LogP contribution in [0.15, 0.2) is 6.20 Å². The van der Waals surface area contributed by atoms with E-state index in [9.17, 15) is 0 Å². The summed E-state index contributed by atoms with van der Waals surface area (Å²) in [7, 11) is 0. The van der Waals surface area contributed by atoms with Gasteiger partial charge in [0.15, 0.2) is 0 Å². The molecule has 0 unspecified atom stereocenters. The van der Waals surface area contributed by atoms with Crippen molar-refractivity contribution < 1.29 is 0 Å². The minimum absolute atomic E-state index is 0. The molecule has 0 bridgehead atoms. The van der Waals surface area contributed by atoms with Crippen LogP contribution < -0.4 is 5.32 Å². The third-order valence-corrected chi connectivity index (χ3v) is 1.93. The summed E-state index contributed by atoms with van der Waals surface area (Å²) in [5.74, 6) is 0.880. The van der Waals surface area contributed by atoms with Gasteiger partial charge in [0.25, 0.3) is 0 Å². The lowest BCUT2D eigenvalue weighted by Gasteiger charge is -2.14. The molecule has 1 aliphatic heterocycles. The predicted molar refractivity (Wildman–Crippen MR) is 49.4 cm³/mol. The first-order valence-electron chi connectivity index (χ1n) is 3.88. The van der Waals surface area contributed by atoms with Gasteiger partial charge in [0.2, 0.25) is 0 Å². The molecule has 1 aliphatic rings. The molecule has 4 heteroatoms. The van der Waals surface area contributed by atoms with Gasteiger partial charge in [-0.25, -0.2) is 9.97 Å². The van der Waals surface area contributed by atoms with Gasteiger partial charge in [0.05, 0.1) is 0 Å². The first-order valence-corrected chi connectivity index (χ1v) is 3.88. The van der Waals surface area contributed by atoms with E-state index in [2.05, 4.69) is 15.3 Å². The van der Waals surface area contributed by atoms with Crippen molar-refractivity contribution in [3.05, 3.63) is 23.3 Å². The summed E-state index contributed by atoms with van der Waals surface area (Å²) >= 11 is 0. The molecule has 3 nitrogen and oxygen atoms in total. The van der Waals surface area contributed by atoms with Crippen LogP contribution in [0.1, 0.15) is 17.1 Å². The molecule has 0 saturated carbocycles. The van der Waals surface area contributed by atoms with Gasteiger partial charge < -0.3 is 5.32 Å². The minimum Gasteiger partial charge on any atom is -0.312 e. The van der Waals surface area contributed by atoms with Gasteiger partial charge in [0.1, 0.15) is 5.82 Å². The van der Waals surface area contributed by atoms with Gasteiger partial charge in [-0.2, -0.15) is 0 Å². The predicted octanol–water partition coefficient (Wildman–Crippen LogP) is 0.853. The third kappa shape index (κ3) is 1.73. The Balaban J connectivity index is 0.000000720. The summed E-state index contributed by atoms with van der Waals surface area (Å²) in [6.45, 7) is 3.90. The fourth-order valence-corrected chi connectivity index (χ4v) is 1.34. The van der Waals surface area contributed by atoms with Crippen LogP contribution in [0.25, 0.3) is 0 Å². The molecule has 12 heavy (non-hydrogen) atoms. The Kier molecular flexibility index (Phi) is 3.00. The number of aryl methyl sites for hydroxylation is 1. The van der Waals surface area contributed by atoms with Crippen molar-refractivity contribution in [2.24, 2.45) is 0 Å². The number of nitrogens with one attached hydrogen (secondary N) is 1. The molecule has 0 amide bonds. The van der Waals surface area contributed by atoms with Gasteiger partial charge in [0, 0.05) is 37.0 Å². The van der Waals surface area contributed by atoms with E-state index in [4.69, 9.17) is 0 Å². The van der Waals surface area contributed by atoms with E-state index in [1.165, 1.54) is 11.3 Å². The SMILES string of the molecule is Cc1ncc2c(n1)CCNC2.Cl. The highest BCUT2D eigenvalue weighted by atomic mass is 35.5. The summed E-state index contributed by atoms with van der Waals surface area (Å²) in [5.41, 5.74) is 2.47. The molecular formula is C8H12ClN3. The Morgan fingerprint density at radius 3 is 3.17 bits per heavy atom. The van der Waals surface area contributed by atoms with Crippen molar-refractivity contribution in [1.82, 2.24) is 15.3 Å². The third-order valence-electron chi connectivity index (χ3n) is 1.93. The fourth-order valence-electron chi connectivity index (χ4n) is 1.34. The molecule has 1 N–H and O–H groups in total. The lowest BCUT2D eigenvalue weighted by atomic mass is 10.1. The summed E-state index contributed by atoms with van der Waals surface area (Å²) in [6, 6.07) is 0. The zero-order valence-corrected chi connectivity index (χ0v) is 7.82. The van der Waals surface area contributed by atoms with Crippen LogP contribution in [0, 0.1) is 6.92 Å². The van der Waals surface area contributed by atoms with Crippen LogP contribution in [-0.4, -0.2) is 16.5 Å². The number of halogens is 1. The van der Waals surface area contributed by atoms with Crippen LogP contribution in [-0.2, 0) is 13.0 Å². The lowest BCUT2D eigenvalue weighted by molar-refractivity contribution is 0.622. The van der Waals surface area contributed by atoms with E-state index < -0.39 is 0 Å². The van der Waals surface area contributed by atoms with Gasteiger partial charge >= 0.3 is 0 Å². The summed E-state index contributed by atoms with van der Waals surface area (Å²) in [4.78, 5) is 8.50. The number of fused-ring (bicyclic) bond motifs is 1. The van der Waals surface area contributed by atoms with Crippen LogP contribution in [0.5, 0.6) is 0 Å². The molecule has 0 fully saturated rings. The average molecular weight is 186 g/mol. The number of rotatable bonds is 0. The Morgan fingerprint density at radius 1 is 1.50 bits per heavy atom. The summed E-state index contributed by atoms with van der Waals surface area (Å²) in [6.07, 6.45) is 2.96. The highest BCUT2D eigenvalue weighted by molar-refractivity contribution is 5.85. The Labute approximate surface area is 78.0 Å². The van der Waals surface area contributed by atoms with Gasteiger partial charge in [-0.15, -0.1) is 12.4 Å². The Bertz CT molecular complexity index is 275. The maximum atomic E-state index is 4.36. The molecule has 0 atom stereocenters. The van der Waals surface area contributed by atoms with E-state index in [-0.39, 0.29) is 12.4 Å². The van der Waals surface area contributed by atoms with Crippen molar-refractivity contribution >= 4 is 12.4 Å². The van der Waals surface area contributed by atoms with E-state index in [0.717, 1.165) is 25.3 Å². The molecule has 1 aromatic heterocycles. The Hall–Kier alpha value is -0.670. The second kappa shape index (κ2) is 3.83. The van der Waals surface area contributed by atoms with E-state index >= 15 is 0 Å².